The average molecular weight is 249 g/mol. The zero-order chi connectivity index (χ0) is 6.85. The molecule has 0 unspecified atom stereocenters. The molecule has 4 heteroatoms. The summed E-state index contributed by atoms with van der Waals surface area (Å²) in [5.41, 5.74) is 1.01. The molecule has 0 atom stereocenters. The summed E-state index contributed by atoms with van der Waals surface area (Å²) in [7, 11) is 1.82. The summed E-state index contributed by atoms with van der Waals surface area (Å²) >= 11 is 0. The van der Waals surface area contributed by atoms with E-state index in [4.69, 9.17) is 5.26 Å². The number of halogens is 1. The molecule has 3 nitrogen and oxygen atoms in total. The Morgan fingerprint density at radius 1 is 1.70 bits per heavy atom. The van der Waals surface area contributed by atoms with Crippen LogP contribution in [-0.2, 0) is 7.05 Å². The molecule has 0 amide bonds. The van der Waals surface area contributed by atoms with Crippen LogP contribution in [0.4, 0.5) is 0 Å². The Morgan fingerprint density at radius 3 is 2.50 bits per heavy atom. The van der Waals surface area contributed by atoms with E-state index in [1.807, 2.05) is 20.0 Å². The van der Waals surface area contributed by atoms with Gasteiger partial charge in [-0.05, 0) is 6.92 Å². The monoisotopic (exact) mass is 249 g/mol. The first-order chi connectivity index (χ1) is 4.25. The van der Waals surface area contributed by atoms with Gasteiger partial charge in [0.2, 0.25) is 5.82 Å². The first-order valence-electron chi connectivity index (χ1n) is 2.64. The van der Waals surface area contributed by atoms with Gasteiger partial charge in [0.1, 0.15) is 6.07 Å². The zero-order valence-electron chi connectivity index (χ0n) is 5.83. The average Bonchev–Trinajstić information content (AvgIpc) is 2.15. The smallest absolute Gasteiger partial charge is 0.212 e. The Morgan fingerprint density at radius 2 is 2.30 bits per heavy atom. The predicted octanol–water partition coefficient (Wildman–Crippen LogP) is 1.22. The van der Waals surface area contributed by atoms with Crippen LogP contribution in [0.15, 0.2) is 6.20 Å². The number of hydrogen-bond donors (Lipinski definition) is 0. The van der Waals surface area contributed by atoms with E-state index in [0.717, 1.165) is 5.69 Å². The molecule has 0 aliphatic rings. The molecule has 0 aromatic carbocycles. The number of hydrogen-bond acceptors (Lipinski definition) is 2. The minimum Gasteiger partial charge on any atom is -0.323 e. The molecule has 0 aliphatic heterocycles. The van der Waals surface area contributed by atoms with Crippen molar-refractivity contribution in [2.24, 2.45) is 7.05 Å². The van der Waals surface area contributed by atoms with Crippen molar-refractivity contribution in [1.82, 2.24) is 9.55 Å². The maximum absolute atomic E-state index is 8.40. The van der Waals surface area contributed by atoms with Gasteiger partial charge in [-0.2, -0.15) is 5.26 Å². The molecule has 1 rings (SSSR count). The molecule has 1 aromatic rings. The molecular weight excluding hydrogens is 241 g/mol. The Labute approximate surface area is 76.7 Å². The lowest BCUT2D eigenvalue weighted by molar-refractivity contribution is 0.854. The van der Waals surface area contributed by atoms with Gasteiger partial charge < -0.3 is 4.57 Å². The molecule has 0 saturated carbocycles. The summed E-state index contributed by atoms with van der Waals surface area (Å²) < 4.78 is 1.75. The van der Waals surface area contributed by atoms with E-state index in [0.29, 0.717) is 5.82 Å². The molecule has 0 spiro atoms. The zero-order valence-corrected chi connectivity index (χ0v) is 8.16. The van der Waals surface area contributed by atoms with Crippen LogP contribution in [-0.4, -0.2) is 9.55 Å². The fraction of sp³-hybridized carbons (Fsp3) is 0.333. The first kappa shape index (κ1) is 9.43. The van der Waals surface area contributed by atoms with Gasteiger partial charge in [0, 0.05) is 18.9 Å². The second-order valence-electron chi connectivity index (χ2n) is 1.89. The van der Waals surface area contributed by atoms with Crippen LogP contribution in [0.25, 0.3) is 0 Å². The van der Waals surface area contributed by atoms with Crippen molar-refractivity contribution in [1.29, 1.82) is 5.26 Å². The van der Waals surface area contributed by atoms with E-state index in [9.17, 15) is 0 Å². The fourth-order valence-corrected chi connectivity index (χ4v) is 0.599. The van der Waals surface area contributed by atoms with Crippen LogP contribution >= 0.6 is 24.0 Å². The third-order valence-electron chi connectivity index (χ3n) is 1.32. The molecule has 0 fully saturated rings. The Hall–Kier alpha value is -0.570. The van der Waals surface area contributed by atoms with Gasteiger partial charge in [0.25, 0.3) is 0 Å². The van der Waals surface area contributed by atoms with Gasteiger partial charge in [-0.15, -0.1) is 24.0 Å². The lowest BCUT2D eigenvalue weighted by Crippen LogP contribution is -1.93. The molecule has 1 heterocycles. The van der Waals surface area contributed by atoms with Gasteiger partial charge in [0.15, 0.2) is 0 Å². The predicted molar refractivity (Wildman–Crippen MR) is 48.1 cm³/mol. The van der Waals surface area contributed by atoms with Crippen molar-refractivity contribution in [2.75, 3.05) is 0 Å². The van der Waals surface area contributed by atoms with E-state index in [1.165, 1.54) is 0 Å². The van der Waals surface area contributed by atoms with Crippen molar-refractivity contribution in [3.8, 4) is 6.07 Å². The third-order valence-corrected chi connectivity index (χ3v) is 1.32. The number of aromatic nitrogens is 2. The van der Waals surface area contributed by atoms with E-state index >= 15 is 0 Å². The van der Waals surface area contributed by atoms with Gasteiger partial charge in [-0.1, -0.05) is 0 Å². The van der Waals surface area contributed by atoms with Crippen LogP contribution in [0.1, 0.15) is 11.5 Å². The number of nitriles is 1. The van der Waals surface area contributed by atoms with Crippen LogP contribution in [0.3, 0.4) is 0 Å². The van der Waals surface area contributed by atoms with Gasteiger partial charge in [-0.3, -0.25) is 0 Å². The maximum Gasteiger partial charge on any atom is 0.212 e. The fourth-order valence-electron chi connectivity index (χ4n) is 0.599. The van der Waals surface area contributed by atoms with Crippen LogP contribution in [0.5, 0.6) is 0 Å². The topological polar surface area (TPSA) is 41.6 Å². The largest absolute Gasteiger partial charge is 0.323 e. The van der Waals surface area contributed by atoms with E-state index in [2.05, 4.69) is 4.98 Å². The van der Waals surface area contributed by atoms with E-state index in [1.54, 1.807) is 10.8 Å². The second-order valence-corrected chi connectivity index (χ2v) is 1.89. The van der Waals surface area contributed by atoms with Crippen molar-refractivity contribution < 1.29 is 0 Å². The van der Waals surface area contributed by atoms with Gasteiger partial charge in [0.05, 0.1) is 0 Å². The van der Waals surface area contributed by atoms with Crippen molar-refractivity contribution in [3.63, 3.8) is 0 Å². The summed E-state index contributed by atoms with van der Waals surface area (Å²) in [5.74, 6) is 0.465. The van der Waals surface area contributed by atoms with Crippen LogP contribution in [0.2, 0.25) is 0 Å². The number of nitrogens with zero attached hydrogens (tertiary/aromatic N) is 3. The standard InChI is InChI=1S/C6H7N3.HI/c1-5-4-8-6(3-7)9(5)2;/h4H,1-2H3;1H. The number of aryl methyl sites for hydroxylation is 1. The second kappa shape index (κ2) is 3.56. The lowest BCUT2D eigenvalue weighted by atomic mass is 10.5. The van der Waals surface area contributed by atoms with Crippen LogP contribution < -0.4 is 0 Å². The molecule has 0 radical (unpaired) electrons. The van der Waals surface area contributed by atoms with Crippen molar-refractivity contribution in [2.45, 2.75) is 6.92 Å². The molecule has 0 aliphatic carbocycles. The van der Waals surface area contributed by atoms with Crippen LogP contribution in [0, 0.1) is 18.3 Å². The highest BCUT2D eigenvalue weighted by Gasteiger charge is 1.98. The Bertz CT molecular complexity index is 258. The summed E-state index contributed by atoms with van der Waals surface area (Å²) in [6.07, 6.45) is 1.68. The molecular formula is C6H8IN3. The van der Waals surface area contributed by atoms with E-state index < -0.39 is 0 Å². The molecule has 1 aromatic heterocycles. The van der Waals surface area contributed by atoms with Crippen molar-refractivity contribution in [3.05, 3.63) is 17.7 Å². The third kappa shape index (κ3) is 1.48. The maximum atomic E-state index is 8.40. The summed E-state index contributed by atoms with van der Waals surface area (Å²) in [4.78, 5) is 3.84. The first-order valence-corrected chi connectivity index (χ1v) is 2.64. The normalized spacial score (nSPS) is 8.10. The highest BCUT2D eigenvalue weighted by Crippen LogP contribution is 1.97. The number of imidazole rings is 1. The highest BCUT2D eigenvalue weighted by atomic mass is 127. The van der Waals surface area contributed by atoms with Gasteiger partial charge >= 0.3 is 0 Å². The van der Waals surface area contributed by atoms with E-state index in [-0.39, 0.29) is 24.0 Å². The summed E-state index contributed by atoms with van der Waals surface area (Å²) in [6.45, 7) is 1.91. The quantitative estimate of drug-likeness (QED) is 0.648. The molecule has 0 N–H and O–H groups in total. The summed E-state index contributed by atoms with van der Waals surface area (Å²) in [5, 5.41) is 8.40. The summed E-state index contributed by atoms with van der Waals surface area (Å²) in [6, 6.07) is 1.97. The Balaban J connectivity index is 0.000000810. The minimum atomic E-state index is 0. The molecule has 54 valence electrons. The lowest BCUT2D eigenvalue weighted by Gasteiger charge is -1.91. The van der Waals surface area contributed by atoms with Crippen molar-refractivity contribution >= 4 is 24.0 Å². The SMILES string of the molecule is Cc1cnc(C#N)n1C.I. The molecule has 0 bridgehead atoms. The van der Waals surface area contributed by atoms with Gasteiger partial charge in [-0.25, -0.2) is 4.98 Å². The number of rotatable bonds is 0. The molecule has 0 saturated heterocycles. The molecule has 10 heavy (non-hydrogen) atoms. The minimum absolute atomic E-state index is 0. The highest BCUT2D eigenvalue weighted by molar-refractivity contribution is 14.0. The Kier molecular flexibility index (Phi) is 3.36.